The zero-order valence-corrected chi connectivity index (χ0v) is 10.2. The van der Waals surface area contributed by atoms with Crippen molar-refractivity contribution in [3.63, 3.8) is 0 Å². The molecule has 1 N–H and O–H groups in total. The molecular weight excluding hydrogens is 202 g/mol. The van der Waals surface area contributed by atoms with Gasteiger partial charge in [0.15, 0.2) is 0 Å². The molecule has 1 aliphatic carbocycles. The highest BCUT2D eigenvalue weighted by molar-refractivity contribution is 5.41. The Morgan fingerprint density at radius 1 is 1.44 bits per heavy atom. The number of hydrogen-bond acceptors (Lipinski definition) is 4. The molecule has 88 valence electrons. The zero-order valence-electron chi connectivity index (χ0n) is 10.2. The van der Waals surface area contributed by atoms with Crippen molar-refractivity contribution in [2.24, 2.45) is 0 Å². The lowest BCUT2D eigenvalue weighted by atomic mass is 9.89. The SMILES string of the molecule is CCOC1CC(Nc2nc(C)cnc2C)C1. The lowest BCUT2D eigenvalue weighted by Gasteiger charge is -2.35. The second-order valence-corrected chi connectivity index (χ2v) is 4.34. The normalized spacial score (nSPS) is 23.9. The van der Waals surface area contributed by atoms with E-state index in [4.69, 9.17) is 4.74 Å². The lowest BCUT2D eigenvalue weighted by molar-refractivity contribution is 0.00290. The van der Waals surface area contributed by atoms with Gasteiger partial charge in [0.05, 0.1) is 17.5 Å². The van der Waals surface area contributed by atoms with E-state index in [1.165, 1.54) is 0 Å². The Balaban J connectivity index is 1.89. The van der Waals surface area contributed by atoms with Gasteiger partial charge in [0.2, 0.25) is 0 Å². The van der Waals surface area contributed by atoms with Gasteiger partial charge in [0, 0.05) is 18.8 Å². The van der Waals surface area contributed by atoms with Crippen LogP contribution in [0.15, 0.2) is 6.20 Å². The van der Waals surface area contributed by atoms with E-state index in [-0.39, 0.29) is 0 Å². The van der Waals surface area contributed by atoms with Crippen molar-refractivity contribution in [2.75, 3.05) is 11.9 Å². The number of nitrogens with one attached hydrogen (secondary N) is 1. The van der Waals surface area contributed by atoms with Gasteiger partial charge in [-0.05, 0) is 33.6 Å². The fourth-order valence-electron chi connectivity index (χ4n) is 1.92. The number of aryl methyl sites for hydroxylation is 2. The van der Waals surface area contributed by atoms with E-state index < -0.39 is 0 Å². The molecule has 1 aliphatic rings. The number of aromatic nitrogens is 2. The van der Waals surface area contributed by atoms with E-state index in [0.29, 0.717) is 12.1 Å². The van der Waals surface area contributed by atoms with Crippen LogP contribution in [0.2, 0.25) is 0 Å². The third kappa shape index (κ3) is 2.50. The summed E-state index contributed by atoms with van der Waals surface area (Å²) < 4.78 is 5.52. The van der Waals surface area contributed by atoms with E-state index >= 15 is 0 Å². The largest absolute Gasteiger partial charge is 0.378 e. The minimum atomic E-state index is 0.431. The maximum Gasteiger partial charge on any atom is 0.147 e. The number of nitrogens with zero attached hydrogens (tertiary/aromatic N) is 2. The van der Waals surface area contributed by atoms with Gasteiger partial charge in [-0.3, -0.25) is 4.98 Å². The first-order valence-electron chi connectivity index (χ1n) is 5.87. The molecule has 1 heterocycles. The molecule has 1 fully saturated rings. The number of hydrogen-bond donors (Lipinski definition) is 1. The van der Waals surface area contributed by atoms with Crippen LogP contribution >= 0.6 is 0 Å². The molecule has 0 aromatic carbocycles. The molecule has 1 saturated carbocycles. The summed E-state index contributed by atoms with van der Waals surface area (Å²) in [6.07, 6.45) is 4.37. The summed E-state index contributed by atoms with van der Waals surface area (Å²) in [5.41, 5.74) is 1.92. The Morgan fingerprint density at radius 3 is 2.88 bits per heavy atom. The third-order valence-corrected chi connectivity index (χ3v) is 2.91. The molecular formula is C12H19N3O. The molecule has 0 atom stereocenters. The molecule has 4 heteroatoms. The Hall–Kier alpha value is -1.16. The highest BCUT2D eigenvalue weighted by Gasteiger charge is 2.29. The molecule has 0 unspecified atom stereocenters. The summed E-state index contributed by atoms with van der Waals surface area (Å²) in [5, 5.41) is 3.42. The van der Waals surface area contributed by atoms with Crippen LogP contribution in [0.4, 0.5) is 5.82 Å². The summed E-state index contributed by atoms with van der Waals surface area (Å²) in [4.78, 5) is 8.74. The second kappa shape index (κ2) is 4.78. The van der Waals surface area contributed by atoms with Crippen LogP contribution in [0, 0.1) is 13.8 Å². The minimum absolute atomic E-state index is 0.431. The first-order chi connectivity index (χ1) is 7.69. The van der Waals surface area contributed by atoms with Gasteiger partial charge in [-0.2, -0.15) is 0 Å². The summed E-state index contributed by atoms with van der Waals surface area (Å²) in [6, 6.07) is 0.492. The van der Waals surface area contributed by atoms with Crippen molar-refractivity contribution >= 4 is 5.82 Å². The highest BCUT2D eigenvalue weighted by atomic mass is 16.5. The van der Waals surface area contributed by atoms with Gasteiger partial charge >= 0.3 is 0 Å². The predicted octanol–water partition coefficient (Wildman–Crippen LogP) is 2.07. The van der Waals surface area contributed by atoms with Crippen LogP contribution in [0.25, 0.3) is 0 Å². The number of anilines is 1. The quantitative estimate of drug-likeness (QED) is 0.845. The van der Waals surface area contributed by atoms with Crippen LogP contribution < -0.4 is 5.32 Å². The molecule has 0 spiro atoms. The molecule has 1 aromatic rings. The molecule has 1 aromatic heterocycles. The van der Waals surface area contributed by atoms with Gasteiger partial charge < -0.3 is 10.1 Å². The van der Waals surface area contributed by atoms with E-state index in [9.17, 15) is 0 Å². The van der Waals surface area contributed by atoms with Gasteiger partial charge in [-0.15, -0.1) is 0 Å². The fourth-order valence-corrected chi connectivity index (χ4v) is 1.92. The van der Waals surface area contributed by atoms with Crippen LogP contribution in [0.3, 0.4) is 0 Å². The molecule has 0 radical (unpaired) electrons. The molecule has 2 rings (SSSR count). The molecule has 0 amide bonds. The standard InChI is InChI=1S/C12H19N3O/c1-4-16-11-5-10(6-11)15-12-9(3)13-7-8(2)14-12/h7,10-11H,4-6H2,1-3H3,(H,14,15). The van der Waals surface area contributed by atoms with E-state index in [1.807, 2.05) is 20.8 Å². The second-order valence-electron chi connectivity index (χ2n) is 4.34. The smallest absolute Gasteiger partial charge is 0.147 e. The van der Waals surface area contributed by atoms with E-state index in [1.54, 1.807) is 6.20 Å². The van der Waals surface area contributed by atoms with Crippen LogP contribution in [0.5, 0.6) is 0 Å². The summed E-state index contributed by atoms with van der Waals surface area (Å²) in [7, 11) is 0. The Morgan fingerprint density at radius 2 is 2.19 bits per heavy atom. The van der Waals surface area contributed by atoms with Crippen molar-refractivity contribution in [1.29, 1.82) is 0 Å². The van der Waals surface area contributed by atoms with E-state index in [0.717, 1.165) is 36.7 Å². The van der Waals surface area contributed by atoms with Crippen LogP contribution in [0.1, 0.15) is 31.2 Å². The van der Waals surface area contributed by atoms with E-state index in [2.05, 4.69) is 15.3 Å². The highest BCUT2D eigenvalue weighted by Crippen LogP contribution is 2.26. The van der Waals surface area contributed by atoms with Crippen molar-refractivity contribution in [3.8, 4) is 0 Å². The van der Waals surface area contributed by atoms with Crippen molar-refractivity contribution in [2.45, 2.75) is 45.8 Å². The Bertz CT molecular complexity index is 361. The summed E-state index contributed by atoms with van der Waals surface area (Å²) in [6.45, 7) is 6.78. The Kier molecular flexibility index (Phi) is 3.39. The summed E-state index contributed by atoms with van der Waals surface area (Å²) >= 11 is 0. The first-order valence-corrected chi connectivity index (χ1v) is 5.87. The van der Waals surface area contributed by atoms with Crippen molar-refractivity contribution in [3.05, 3.63) is 17.6 Å². The average Bonchev–Trinajstić information content (AvgIpc) is 2.20. The monoisotopic (exact) mass is 221 g/mol. The maximum atomic E-state index is 5.52. The lowest BCUT2D eigenvalue weighted by Crippen LogP contribution is -2.41. The van der Waals surface area contributed by atoms with Gasteiger partial charge in [-0.1, -0.05) is 0 Å². The van der Waals surface area contributed by atoms with Gasteiger partial charge in [0.25, 0.3) is 0 Å². The fraction of sp³-hybridized carbons (Fsp3) is 0.667. The third-order valence-electron chi connectivity index (χ3n) is 2.91. The number of rotatable bonds is 4. The van der Waals surface area contributed by atoms with Crippen LogP contribution in [-0.2, 0) is 4.74 Å². The number of ether oxygens (including phenoxy) is 1. The van der Waals surface area contributed by atoms with Crippen molar-refractivity contribution < 1.29 is 4.74 Å². The average molecular weight is 221 g/mol. The maximum absolute atomic E-state index is 5.52. The first kappa shape index (κ1) is 11.3. The minimum Gasteiger partial charge on any atom is -0.378 e. The molecule has 0 aliphatic heterocycles. The molecule has 0 saturated heterocycles. The van der Waals surface area contributed by atoms with Gasteiger partial charge in [-0.25, -0.2) is 4.98 Å². The molecule has 4 nitrogen and oxygen atoms in total. The van der Waals surface area contributed by atoms with Crippen molar-refractivity contribution in [1.82, 2.24) is 9.97 Å². The topological polar surface area (TPSA) is 47.0 Å². The van der Waals surface area contributed by atoms with Gasteiger partial charge in [0.1, 0.15) is 5.82 Å². The summed E-state index contributed by atoms with van der Waals surface area (Å²) in [5.74, 6) is 0.917. The zero-order chi connectivity index (χ0) is 11.5. The van der Waals surface area contributed by atoms with Crippen LogP contribution in [-0.4, -0.2) is 28.7 Å². The molecule has 0 bridgehead atoms. The predicted molar refractivity (Wildman–Crippen MR) is 63.6 cm³/mol. The molecule has 16 heavy (non-hydrogen) atoms. The Labute approximate surface area is 96.4 Å².